The first-order valence-corrected chi connectivity index (χ1v) is 11.6. The highest BCUT2D eigenvalue weighted by molar-refractivity contribution is 7.89. The lowest BCUT2D eigenvalue weighted by atomic mass is 10.2. The summed E-state index contributed by atoms with van der Waals surface area (Å²) in [6.45, 7) is 6.95. The van der Waals surface area contributed by atoms with Crippen LogP contribution in [0.15, 0.2) is 47.5 Å². The van der Waals surface area contributed by atoms with Crippen LogP contribution in [0.25, 0.3) is 0 Å². The number of rotatable bonds is 6. The molecule has 3 aromatic rings. The van der Waals surface area contributed by atoms with Gasteiger partial charge in [0.05, 0.1) is 18.0 Å². The van der Waals surface area contributed by atoms with Gasteiger partial charge in [-0.05, 0) is 45.0 Å². The number of nitrogens with one attached hydrogen (secondary N) is 1. The van der Waals surface area contributed by atoms with Crippen molar-refractivity contribution >= 4 is 21.7 Å². The van der Waals surface area contributed by atoms with E-state index in [0.717, 1.165) is 5.69 Å². The van der Waals surface area contributed by atoms with Crippen LogP contribution in [0.1, 0.15) is 30.1 Å². The molecule has 1 N–H and O–H groups in total. The molecule has 0 unspecified atom stereocenters. The monoisotopic (exact) mass is 442 g/mol. The van der Waals surface area contributed by atoms with Gasteiger partial charge in [0.25, 0.3) is 0 Å². The molecule has 1 aliphatic heterocycles. The predicted octanol–water partition coefficient (Wildman–Crippen LogP) is 2.82. The van der Waals surface area contributed by atoms with Gasteiger partial charge in [0, 0.05) is 31.5 Å². The molecule has 4 heterocycles. The maximum atomic E-state index is 13.2. The van der Waals surface area contributed by atoms with Crippen LogP contribution in [0, 0.1) is 13.8 Å². The smallest absolute Gasteiger partial charge is 0.246 e. The van der Waals surface area contributed by atoms with Crippen LogP contribution in [-0.2, 0) is 21.3 Å². The van der Waals surface area contributed by atoms with E-state index in [4.69, 9.17) is 4.74 Å². The van der Waals surface area contributed by atoms with Gasteiger partial charge in [-0.3, -0.25) is 4.68 Å². The first kappa shape index (κ1) is 21.4. The minimum absolute atomic E-state index is 0.193. The van der Waals surface area contributed by atoms with E-state index in [-0.39, 0.29) is 11.4 Å². The van der Waals surface area contributed by atoms with E-state index in [9.17, 15) is 8.42 Å². The average Bonchev–Trinajstić information content (AvgIpc) is 3.16. The van der Waals surface area contributed by atoms with Crippen LogP contribution in [0.3, 0.4) is 0 Å². The molecule has 0 spiro atoms. The van der Waals surface area contributed by atoms with E-state index < -0.39 is 16.1 Å². The lowest BCUT2D eigenvalue weighted by Crippen LogP contribution is -2.42. The highest BCUT2D eigenvalue weighted by atomic mass is 32.2. The fraction of sp³-hybridized carbons (Fsp3) is 0.381. The van der Waals surface area contributed by atoms with Gasteiger partial charge in [0.2, 0.25) is 10.0 Å². The molecule has 164 valence electrons. The van der Waals surface area contributed by atoms with Gasteiger partial charge in [-0.15, -0.1) is 0 Å². The summed E-state index contributed by atoms with van der Waals surface area (Å²) in [5.41, 5.74) is 2.07. The molecule has 0 amide bonds. The van der Waals surface area contributed by atoms with E-state index >= 15 is 0 Å². The second kappa shape index (κ2) is 8.74. The number of sulfonamides is 1. The van der Waals surface area contributed by atoms with Gasteiger partial charge in [-0.1, -0.05) is 12.1 Å². The number of hydrogen-bond acceptors (Lipinski definition) is 7. The Kier molecular flexibility index (Phi) is 6.03. The minimum atomic E-state index is -3.67. The van der Waals surface area contributed by atoms with Gasteiger partial charge in [0.15, 0.2) is 0 Å². The lowest BCUT2D eigenvalue weighted by molar-refractivity contribution is -0.00487. The largest absolute Gasteiger partial charge is 0.369 e. The van der Waals surface area contributed by atoms with Crippen LogP contribution in [0.2, 0.25) is 0 Å². The molecule has 1 fully saturated rings. The molecule has 0 saturated carbocycles. The predicted molar refractivity (Wildman–Crippen MR) is 117 cm³/mol. The number of pyridine rings is 2. The van der Waals surface area contributed by atoms with Crippen molar-refractivity contribution in [1.29, 1.82) is 0 Å². The fourth-order valence-corrected chi connectivity index (χ4v) is 5.11. The number of aryl methyl sites for hydroxylation is 3. The maximum absolute atomic E-state index is 13.2. The van der Waals surface area contributed by atoms with Crippen molar-refractivity contribution in [3.8, 4) is 0 Å². The van der Waals surface area contributed by atoms with Crippen molar-refractivity contribution in [3.05, 3.63) is 59.7 Å². The molecular weight excluding hydrogens is 416 g/mol. The summed E-state index contributed by atoms with van der Waals surface area (Å²) < 4.78 is 35.4. The molecule has 0 aromatic carbocycles. The number of anilines is 2. The number of aromatic nitrogens is 4. The number of nitrogens with zero attached hydrogens (tertiary/aromatic N) is 5. The van der Waals surface area contributed by atoms with E-state index in [2.05, 4.69) is 20.4 Å². The molecule has 9 nitrogen and oxygen atoms in total. The zero-order chi connectivity index (χ0) is 22.0. The molecule has 31 heavy (non-hydrogen) atoms. The highest BCUT2D eigenvalue weighted by Crippen LogP contribution is 2.27. The Morgan fingerprint density at radius 2 is 1.87 bits per heavy atom. The Balaban J connectivity index is 1.54. The molecule has 1 aliphatic rings. The molecule has 1 atom stereocenters. The molecule has 4 rings (SSSR count). The summed E-state index contributed by atoms with van der Waals surface area (Å²) in [6, 6.07) is 11.3. The zero-order valence-corrected chi connectivity index (χ0v) is 18.6. The zero-order valence-electron chi connectivity index (χ0n) is 17.8. The van der Waals surface area contributed by atoms with E-state index in [0.29, 0.717) is 42.7 Å². The Hall–Kier alpha value is -2.82. The topological polar surface area (TPSA) is 102 Å². The second-order valence-electron chi connectivity index (χ2n) is 7.39. The normalized spacial score (nSPS) is 17.6. The highest BCUT2D eigenvalue weighted by Gasteiger charge is 2.34. The fourth-order valence-electron chi connectivity index (χ4n) is 3.52. The van der Waals surface area contributed by atoms with Crippen molar-refractivity contribution in [3.63, 3.8) is 0 Å². The van der Waals surface area contributed by atoms with Crippen LogP contribution >= 0.6 is 0 Å². The standard InChI is InChI=1S/C21H26N6O3S/c1-4-26-14-19(16(3)25-26)31(28,29)27-11-12-30-18(13-27)17-8-6-10-21(23-17)24-20-9-5-7-15(2)22-20/h5-10,14,18H,4,11-13H2,1-3H3,(H,22,23,24)/t18-/m1/s1. The summed E-state index contributed by atoms with van der Waals surface area (Å²) in [5, 5.41) is 7.47. The molecule has 1 saturated heterocycles. The van der Waals surface area contributed by atoms with Gasteiger partial charge in [-0.2, -0.15) is 9.40 Å². The number of hydrogen-bond donors (Lipinski definition) is 1. The Bertz CT molecular complexity index is 1180. The Morgan fingerprint density at radius 3 is 2.58 bits per heavy atom. The third-order valence-electron chi connectivity index (χ3n) is 5.12. The van der Waals surface area contributed by atoms with Crippen LogP contribution in [0.5, 0.6) is 0 Å². The summed E-state index contributed by atoms with van der Waals surface area (Å²) >= 11 is 0. The van der Waals surface area contributed by atoms with E-state index in [1.807, 2.05) is 50.2 Å². The van der Waals surface area contributed by atoms with E-state index in [1.54, 1.807) is 17.8 Å². The number of ether oxygens (including phenoxy) is 1. The first-order chi connectivity index (χ1) is 14.9. The third-order valence-corrected chi connectivity index (χ3v) is 7.09. The molecule has 3 aromatic heterocycles. The Labute approximate surface area is 182 Å². The first-order valence-electron chi connectivity index (χ1n) is 10.2. The molecule has 10 heteroatoms. The summed E-state index contributed by atoms with van der Waals surface area (Å²) in [4.78, 5) is 9.30. The third kappa shape index (κ3) is 4.60. The summed E-state index contributed by atoms with van der Waals surface area (Å²) in [7, 11) is -3.67. The van der Waals surface area contributed by atoms with Crippen LogP contribution in [-0.4, -0.2) is 52.2 Å². The summed E-state index contributed by atoms with van der Waals surface area (Å²) in [6.07, 6.45) is 1.13. The van der Waals surface area contributed by atoms with E-state index in [1.165, 1.54) is 4.31 Å². The van der Waals surface area contributed by atoms with Crippen molar-refractivity contribution in [2.24, 2.45) is 0 Å². The maximum Gasteiger partial charge on any atom is 0.246 e. The number of morpholine rings is 1. The van der Waals surface area contributed by atoms with Crippen molar-refractivity contribution in [2.75, 3.05) is 25.0 Å². The quantitative estimate of drug-likeness (QED) is 0.626. The molecule has 0 radical (unpaired) electrons. The summed E-state index contributed by atoms with van der Waals surface area (Å²) in [5.74, 6) is 1.32. The lowest BCUT2D eigenvalue weighted by Gasteiger charge is -2.31. The van der Waals surface area contributed by atoms with Crippen molar-refractivity contribution in [2.45, 2.75) is 38.3 Å². The molecule has 0 aliphatic carbocycles. The molecular formula is C21H26N6O3S. The van der Waals surface area contributed by atoms with Crippen LogP contribution < -0.4 is 5.32 Å². The second-order valence-corrected chi connectivity index (χ2v) is 9.30. The van der Waals surface area contributed by atoms with Crippen molar-refractivity contribution in [1.82, 2.24) is 24.1 Å². The Morgan fingerprint density at radius 1 is 1.13 bits per heavy atom. The van der Waals surface area contributed by atoms with Gasteiger partial charge in [-0.25, -0.2) is 18.4 Å². The average molecular weight is 443 g/mol. The molecule has 0 bridgehead atoms. The van der Waals surface area contributed by atoms with Gasteiger partial charge >= 0.3 is 0 Å². The van der Waals surface area contributed by atoms with Crippen molar-refractivity contribution < 1.29 is 13.2 Å². The minimum Gasteiger partial charge on any atom is -0.369 e. The van der Waals surface area contributed by atoms with Crippen LogP contribution in [0.4, 0.5) is 11.6 Å². The van der Waals surface area contributed by atoms with Gasteiger partial charge in [0.1, 0.15) is 22.6 Å². The SMILES string of the molecule is CCn1cc(S(=O)(=O)N2CCO[C@@H](c3cccc(Nc4cccc(C)n4)n3)C2)c(C)n1. The van der Waals surface area contributed by atoms with Gasteiger partial charge < -0.3 is 10.1 Å².